The van der Waals surface area contributed by atoms with Gasteiger partial charge in [-0.05, 0) is 23.8 Å². The number of fused-ring (bicyclic) bond motifs is 1. The van der Waals surface area contributed by atoms with Crippen molar-refractivity contribution in [2.24, 2.45) is 17.3 Å². The van der Waals surface area contributed by atoms with E-state index in [1.165, 1.54) is 7.11 Å². The number of hydrogen-bond acceptors (Lipinski definition) is 3. The molecule has 0 bridgehead atoms. The number of rotatable bonds is 1. The summed E-state index contributed by atoms with van der Waals surface area (Å²) in [7, 11) is 3.47. The first-order chi connectivity index (χ1) is 6.00. The van der Waals surface area contributed by atoms with Crippen molar-refractivity contribution in [3.63, 3.8) is 0 Å². The van der Waals surface area contributed by atoms with Crippen molar-refractivity contribution in [2.75, 3.05) is 13.7 Å². The fraction of sp³-hybridized carbons (Fsp3) is 0.889. The Labute approximate surface area is 79.9 Å². The predicted octanol–water partition coefficient (Wildman–Crippen LogP) is -0.336. The molecule has 1 saturated carbocycles. The zero-order chi connectivity index (χ0) is 9.80. The highest BCUT2D eigenvalue weighted by molar-refractivity contribution is 6.07. The minimum Gasteiger partial charge on any atom is -0.468 e. The molecule has 1 aliphatic carbocycles. The summed E-state index contributed by atoms with van der Waals surface area (Å²) in [4.78, 5) is 13.6. The lowest BCUT2D eigenvalue weighted by molar-refractivity contribution is -0.145. The second-order valence-electron chi connectivity index (χ2n) is 4.86. The van der Waals surface area contributed by atoms with Crippen LogP contribution >= 0.6 is 0 Å². The molecule has 1 saturated heterocycles. The van der Waals surface area contributed by atoms with Crippen molar-refractivity contribution in [3.8, 4) is 0 Å². The largest absolute Gasteiger partial charge is 0.468 e. The quantitative estimate of drug-likeness (QED) is 0.409. The minimum absolute atomic E-state index is 0.00463. The Bertz CT molecular complexity index is 254. The maximum atomic E-state index is 11.5. The Kier molecular flexibility index (Phi) is 1.74. The maximum absolute atomic E-state index is 11.5. The summed E-state index contributed by atoms with van der Waals surface area (Å²) in [6, 6.07) is 0.00463. The fourth-order valence-corrected chi connectivity index (χ4v) is 2.91. The Hall–Kier alpha value is -0.505. The van der Waals surface area contributed by atoms with Gasteiger partial charge in [0.2, 0.25) is 0 Å². The first-order valence-corrected chi connectivity index (χ1v) is 4.78. The molecule has 0 aromatic rings. The number of carbonyl (C=O) groups excluding carboxylic acids is 1. The molecule has 0 spiro atoms. The van der Waals surface area contributed by atoms with Crippen LogP contribution in [0.15, 0.2) is 0 Å². The number of piperidine rings is 1. The lowest BCUT2D eigenvalue weighted by Gasteiger charge is -2.25. The first-order valence-electron chi connectivity index (χ1n) is 4.78. The van der Waals surface area contributed by atoms with E-state index in [-0.39, 0.29) is 12.0 Å². The monoisotopic (exact) mass is 181 g/mol. The molecule has 4 heteroatoms. The first kappa shape index (κ1) is 9.07. The van der Waals surface area contributed by atoms with Crippen LogP contribution in [0.1, 0.15) is 13.8 Å². The molecule has 3 nitrogen and oxygen atoms in total. The van der Waals surface area contributed by atoms with Crippen molar-refractivity contribution >= 4 is 14.0 Å². The third-order valence-corrected chi connectivity index (χ3v) is 3.88. The summed E-state index contributed by atoms with van der Waals surface area (Å²) in [5.74, 6) is 1.15. The molecule has 72 valence electrons. The maximum Gasteiger partial charge on any atom is 0.322 e. The van der Waals surface area contributed by atoms with Gasteiger partial charge in [0.05, 0.1) is 7.11 Å². The zero-order valence-corrected chi connectivity index (χ0v) is 8.70. The zero-order valence-electron chi connectivity index (χ0n) is 8.70. The van der Waals surface area contributed by atoms with Gasteiger partial charge in [0.25, 0.3) is 0 Å². The molecule has 2 fully saturated rings. The van der Waals surface area contributed by atoms with Crippen molar-refractivity contribution in [2.45, 2.75) is 19.9 Å². The van der Waals surface area contributed by atoms with Crippen LogP contribution in [-0.2, 0) is 9.53 Å². The Morgan fingerprint density at radius 1 is 1.62 bits per heavy atom. The van der Waals surface area contributed by atoms with E-state index in [0.717, 1.165) is 6.54 Å². The van der Waals surface area contributed by atoms with Crippen molar-refractivity contribution in [1.29, 1.82) is 0 Å². The Balaban J connectivity index is 2.15. The standard InChI is InChI=1S/C9H16BNO2/c1-9(2)5-4-11(10)7(6(5)9)8(12)13-3/h5-7H,4,10H2,1-3H3. The topological polar surface area (TPSA) is 29.5 Å². The molecule has 0 N–H and O–H groups in total. The van der Waals surface area contributed by atoms with Crippen LogP contribution in [0.4, 0.5) is 0 Å². The van der Waals surface area contributed by atoms with E-state index < -0.39 is 0 Å². The average molecular weight is 181 g/mol. The van der Waals surface area contributed by atoms with Gasteiger partial charge in [-0.15, -0.1) is 0 Å². The highest BCUT2D eigenvalue weighted by atomic mass is 16.5. The molecule has 2 aliphatic rings. The van der Waals surface area contributed by atoms with Gasteiger partial charge in [-0.2, -0.15) is 0 Å². The van der Waals surface area contributed by atoms with E-state index in [4.69, 9.17) is 4.74 Å². The van der Waals surface area contributed by atoms with Gasteiger partial charge in [-0.3, -0.25) is 4.79 Å². The van der Waals surface area contributed by atoms with Crippen molar-refractivity contribution < 1.29 is 9.53 Å². The van der Waals surface area contributed by atoms with E-state index in [0.29, 0.717) is 17.3 Å². The van der Waals surface area contributed by atoms with Gasteiger partial charge in [0, 0.05) is 0 Å². The van der Waals surface area contributed by atoms with E-state index >= 15 is 0 Å². The lowest BCUT2D eigenvalue weighted by Crippen LogP contribution is -2.40. The lowest BCUT2D eigenvalue weighted by atomic mass is 9.99. The van der Waals surface area contributed by atoms with Crippen LogP contribution in [0.5, 0.6) is 0 Å². The SMILES string of the molecule is BN1CC2C(C1C(=O)OC)C2(C)C. The van der Waals surface area contributed by atoms with Gasteiger partial charge in [0.1, 0.15) is 6.04 Å². The normalized spacial score (nSPS) is 41.3. The number of esters is 1. The summed E-state index contributed by atoms with van der Waals surface area (Å²) in [6.45, 7) is 5.52. The molecular weight excluding hydrogens is 165 g/mol. The van der Waals surface area contributed by atoms with Gasteiger partial charge in [-0.1, -0.05) is 13.8 Å². The van der Waals surface area contributed by atoms with E-state index in [9.17, 15) is 4.79 Å². The molecular formula is C9H16BNO2. The van der Waals surface area contributed by atoms with E-state index in [1.54, 1.807) is 0 Å². The molecule has 3 atom stereocenters. The second kappa shape index (κ2) is 2.50. The molecule has 0 amide bonds. The van der Waals surface area contributed by atoms with Gasteiger partial charge < -0.3 is 9.55 Å². The van der Waals surface area contributed by atoms with Crippen LogP contribution in [0.25, 0.3) is 0 Å². The summed E-state index contributed by atoms with van der Waals surface area (Å²) < 4.78 is 4.81. The van der Waals surface area contributed by atoms with E-state index in [1.807, 2.05) is 7.98 Å². The Morgan fingerprint density at radius 2 is 2.23 bits per heavy atom. The summed E-state index contributed by atoms with van der Waals surface area (Å²) in [5.41, 5.74) is 0.353. The van der Waals surface area contributed by atoms with Gasteiger partial charge >= 0.3 is 5.97 Å². The van der Waals surface area contributed by atoms with Crippen molar-refractivity contribution in [1.82, 2.24) is 4.81 Å². The highest BCUT2D eigenvalue weighted by Gasteiger charge is 2.67. The molecule has 2 rings (SSSR count). The molecule has 13 heavy (non-hydrogen) atoms. The summed E-state index contributed by atoms with van der Waals surface area (Å²) >= 11 is 0. The summed E-state index contributed by atoms with van der Waals surface area (Å²) in [6.07, 6.45) is 0. The summed E-state index contributed by atoms with van der Waals surface area (Å²) in [5, 5.41) is 0. The van der Waals surface area contributed by atoms with E-state index in [2.05, 4.69) is 18.7 Å². The number of hydrogen-bond donors (Lipinski definition) is 0. The van der Waals surface area contributed by atoms with Crippen LogP contribution in [0.3, 0.4) is 0 Å². The van der Waals surface area contributed by atoms with Gasteiger partial charge in [0.15, 0.2) is 7.98 Å². The highest BCUT2D eigenvalue weighted by Crippen LogP contribution is 2.64. The molecule has 0 aromatic heterocycles. The molecule has 0 aromatic carbocycles. The molecule has 1 heterocycles. The fourth-order valence-electron chi connectivity index (χ4n) is 2.91. The number of methoxy groups -OCH3 is 1. The molecule has 1 aliphatic heterocycles. The van der Waals surface area contributed by atoms with Crippen molar-refractivity contribution in [3.05, 3.63) is 0 Å². The third kappa shape index (κ3) is 1.04. The van der Waals surface area contributed by atoms with Crippen LogP contribution < -0.4 is 0 Å². The average Bonchev–Trinajstić information content (AvgIpc) is 2.48. The molecule has 0 radical (unpaired) electrons. The minimum atomic E-state index is -0.0689. The number of carbonyl (C=O) groups is 1. The smallest absolute Gasteiger partial charge is 0.322 e. The Morgan fingerprint density at radius 3 is 2.69 bits per heavy atom. The number of ether oxygens (including phenoxy) is 1. The van der Waals surface area contributed by atoms with Crippen LogP contribution in [0, 0.1) is 17.3 Å². The second-order valence-corrected chi connectivity index (χ2v) is 4.86. The number of nitrogens with zero attached hydrogens (tertiary/aromatic N) is 1. The molecule has 3 unspecified atom stereocenters. The third-order valence-electron chi connectivity index (χ3n) is 3.88. The van der Waals surface area contributed by atoms with Crippen LogP contribution in [0.2, 0.25) is 0 Å². The van der Waals surface area contributed by atoms with Gasteiger partial charge in [-0.25, -0.2) is 0 Å². The van der Waals surface area contributed by atoms with Crippen LogP contribution in [-0.4, -0.2) is 38.5 Å². The predicted molar refractivity (Wildman–Crippen MR) is 51.8 cm³/mol.